The van der Waals surface area contributed by atoms with Gasteiger partial charge in [0.05, 0.1) is 5.56 Å². The van der Waals surface area contributed by atoms with Crippen LogP contribution < -0.4 is 10.9 Å². The minimum Gasteiger partial charge on any atom is -0.348 e. The lowest BCUT2D eigenvalue weighted by Gasteiger charge is -2.17. The summed E-state index contributed by atoms with van der Waals surface area (Å²) in [5.41, 5.74) is 1.70. The van der Waals surface area contributed by atoms with Gasteiger partial charge in [0.15, 0.2) is 0 Å². The first kappa shape index (κ1) is 15.5. The zero-order chi connectivity index (χ0) is 16.2. The Bertz CT molecular complexity index is 739. The molecule has 0 unspecified atom stereocenters. The summed E-state index contributed by atoms with van der Waals surface area (Å²) in [5, 5.41) is 3.06. The van der Waals surface area contributed by atoms with E-state index in [1.807, 2.05) is 18.2 Å². The van der Waals surface area contributed by atoms with Crippen molar-refractivity contribution >= 4 is 5.91 Å². The molecule has 1 aliphatic rings. The number of aryl methyl sites for hydroxylation is 1. The third kappa shape index (κ3) is 3.87. The molecule has 120 valence electrons. The molecule has 1 aromatic heterocycles. The first-order chi connectivity index (χ1) is 11.1. The fraction of sp³-hybridized carbons (Fsp3) is 0.333. The van der Waals surface area contributed by atoms with Crippen molar-refractivity contribution in [1.29, 1.82) is 0 Å². The molecule has 5 heteroatoms. The number of pyridine rings is 1. The van der Waals surface area contributed by atoms with Gasteiger partial charge in [0.2, 0.25) is 5.56 Å². The number of aromatic nitrogens is 1. The Labute approximate surface area is 135 Å². The van der Waals surface area contributed by atoms with E-state index < -0.39 is 0 Å². The summed E-state index contributed by atoms with van der Waals surface area (Å²) in [6.07, 6.45) is 2.53. The Kier molecular flexibility index (Phi) is 4.57. The topological polar surface area (TPSA) is 54.3 Å². The molecule has 1 N–H and O–H groups in total. The number of nitrogens with one attached hydrogen (secondary N) is 1. The fourth-order valence-corrected chi connectivity index (χ4v) is 2.93. The van der Waals surface area contributed by atoms with E-state index >= 15 is 0 Å². The van der Waals surface area contributed by atoms with E-state index in [-0.39, 0.29) is 17.5 Å². The summed E-state index contributed by atoms with van der Waals surface area (Å²) in [6.45, 7) is 2.74. The van der Waals surface area contributed by atoms with Crippen LogP contribution in [0.2, 0.25) is 0 Å². The van der Waals surface area contributed by atoms with Gasteiger partial charge in [-0.15, -0.1) is 0 Å². The lowest BCUT2D eigenvalue weighted by atomic mass is 10.2. The standard InChI is InChI=1S/C18H21N3O2/c1-20-12-15(7-8-17(20)22)18(23)19-16-9-10-21(13-16)11-14-5-3-2-4-6-14/h2-8,12,16H,9-11,13H2,1H3,(H,19,23)/t16-/m1/s1. The van der Waals surface area contributed by atoms with Gasteiger partial charge < -0.3 is 9.88 Å². The summed E-state index contributed by atoms with van der Waals surface area (Å²) < 4.78 is 1.42. The molecule has 1 saturated heterocycles. The molecule has 2 heterocycles. The second kappa shape index (κ2) is 6.79. The molecule has 1 aromatic carbocycles. The van der Waals surface area contributed by atoms with Gasteiger partial charge in [-0.3, -0.25) is 14.5 Å². The van der Waals surface area contributed by atoms with Gasteiger partial charge in [0.25, 0.3) is 5.91 Å². The van der Waals surface area contributed by atoms with Gasteiger partial charge in [0, 0.05) is 45.0 Å². The third-order valence-corrected chi connectivity index (χ3v) is 4.20. The van der Waals surface area contributed by atoms with Crippen molar-refractivity contribution in [3.63, 3.8) is 0 Å². The van der Waals surface area contributed by atoms with Crippen LogP contribution in [0.25, 0.3) is 0 Å². The summed E-state index contributed by atoms with van der Waals surface area (Å²) in [4.78, 5) is 26.0. The maximum Gasteiger partial charge on any atom is 0.253 e. The molecule has 0 radical (unpaired) electrons. The smallest absolute Gasteiger partial charge is 0.253 e. The number of benzene rings is 1. The highest BCUT2D eigenvalue weighted by Crippen LogP contribution is 2.14. The second-order valence-electron chi connectivity index (χ2n) is 6.05. The molecule has 0 saturated carbocycles. The van der Waals surface area contributed by atoms with E-state index in [0.29, 0.717) is 5.56 Å². The first-order valence-electron chi connectivity index (χ1n) is 7.85. The zero-order valence-electron chi connectivity index (χ0n) is 13.2. The number of hydrogen-bond donors (Lipinski definition) is 1. The van der Waals surface area contributed by atoms with E-state index in [9.17, 15) is 9.59 Å². The van der Waals surface area contributed by atoms with E-state index in [1.54, 1.807) is 19.3 Å². The number of nitrogens with zero attached hydrogens (tertiary/aromatic N) is 2. The molecule has 0 spiro atoms. The molecule has 1 atom stereocenters. The monoisotopic (exact) mass is 311 g/mol. The van der Waals surface area contributed by atoms with Crippen molar-refractivity contribution in [2.75, 3.05) is 13.1 Å². The number of carbonyl (C=O) groups is 1. The molecule has 5 nitrogen and oxygen atoms in total. The van der Waals surface area contributed by atoms with Crippen LogP contribution in [0.4, 0.5) is 0 Å². The number of hydrogen-bond acceptors (Lipinski definition) is 3. The Morgan fingerprint density at radius 1 is 1.22 bits per heavy atom. The summed E-state index contributed by atoms with van der Waals surface area (Å²) in [6, 6.07) is 13.5. The average Bonchev–Trinajstić information content (AvgIpc) is 2.98. The molecule has 0 aliphatic carbocycles. The predicted molar refractivity (Wildman–Crippen MR) is 89.3 cm³/mol. The Morgan fingerprint density at radius 3 is 2.74 bits per heavy atom. The van der Waals surface area contributed by atoms with Crippen LogP contribution in [0, 0.1) is 0 Å². The Morgan fingerprint density at radius 2 is 2.00 bits per heavy atom. The van der Waals surface area contributed by atoms with Crippen molar-refractivity contribution < 1.29 is 4.79 Å². The van der Waals surface area contributed by atoms with E-state index in [2.05, 4.69) is 22.3 Å². The summed E-state index contributed by atoms with van der Waals surface area (Å²) in [7, 11) is 1.65. The van der Waals surface area contributed by atoms with Crippen molar-refractivity contribution in [2.24, 2.45) is 7.05 Å². The number of likely N-dealkylation sites (tertiary alicyclic amines) is 1. The SMILES string of the molecule is Cn1cc(C(=O)N[C@@H]2CCN(Cc3ccccc3)C2)ccc1=O. The second-order valence-corrected chi connectivity index (χ2v) is 6.05. The van der Waals surface area contributed by atoms with Crippen LogP contribution >= 0.6 is 0 Å². The molecule has 1 fully saturated rings. The van der Waals surface area contributed by atoms with Crippen LogP contribution in [-0.2, 0) is 13.6 Å². The molecule has 0 bridgehead atoms. The molecule has 1 amide bonds. The van der Waals surface area contributed by atoms with E-state index in [1.165, 1.54) is 16.2 Å². The van der Waals surface area contributed by atoms with Crippen molar-refractivity contribution in [2.45, 2.75) is 19.0 Å². The Balaban J connectivity index is 1.56. The van der Waals surface area contributed by atoms with Crippen molar-refractivity contribution in [1.82, 2.24) is 14.8 Å². The van der Waals surface area contributed by atoms with Crippen molar-refractivity contribution in [3.8, 4) is 0 Å². The highest BCUT2D eigenvalue weighted by atomic mass is 16.2. The fourth-order valence-electron chi connectivity index (χ4n) is 2.93. The summed E-state index contributed by atoms with van der Waals surface area (Å²) >= 11 is 0. The van der Waals surface area contributed by atoms with Crippen molar-refractivity contribution in [3.05, 3.63) is 70.1 Å². The maximum atomic E-state index is 12.3. The quantitative estimate of drug-likeness (QED) is 0.928. The van der Waals surface area contributed by atoms with E-state index in [0.717, 1.165) is 26.1 Å². The van der Waals surface area contributed by atoms with Crippen LogP contribution in [0.5, 0.6) is 0 Å². The molecule has 3 rings (SSSR count). The number of rotatable bonds is 4. The largest absolute Gasteiger partial charge is 0.348 e. The lowest BCUT2D eigenvalue weighted by Crippen LogP contribution is -2.37. The van der Waals surface area contributed by atoms with Gasteiger partial charge >= 0.3 is 0 Å². The minimum atomic E-state index is -0.118. The highest BCUT2D eigenvalue weighted by Gasteiger charge is 2.24. The number of carbonyl (C=O) groups excluding carboxylic acids is 1. The van der Waals surface area contributed by atoms with Crippen LogP contribution in [0.3, 0.4) is 0 Å². The van der Waals surface area contributed by atoms with Gasteiger partial charge in [-0.05, 0) is 18.1 Å². The van der Waals surface area contributed by atoms with E-state index in [4.69, 9.17) is 0 Å². The van der Waals surface area contributed by atoms with Gasteiger partial charge in [-0.1, -0.05) is 30.3 Å². The average molecular weight is 311 g/mol. The minimum absolute atomic E-state index is 0.114. The van der Waals surface area contributed by atoms with Gasteiger partial charge in [0.1, 0.15) is 0 Å². The molecular weight excluding hydrogens is 290 g/mol. The zero-order valence-corrected chi connectivity index (χ0v) is 13.2. The van der Waals surface area contributed by atoms with Gasteiger partial charge in [-0.2, -0.15) is 0 Å². The maximum absolute atomic E-state index is 12.3. The normalized spacial score (nSPS) is 18.0. The highest BCUT2D eigenvalue weighted by molar-refractivity contribution is 5.94. The predicted octanol–water partition coefficient (Wildman–Crippen LogP) is 1.39. The number of amides is 1. The third-order valence-electron chi connectivity index (χ3n) is 4.20. The first-order valence-corrected chi connectivity index (χ1v) is 7.85. The molecular formula is C18H21N3O2. The van der Waals surface area contributed by atoms with Crippen LogP contribution in [0.1, 0.15) is 22.3 Å². The van der Waals surface area contributed by atoms with Gasteiger partial charge in [-0.25, -0.2) is 0 Å². The molecule has 1 aliphatic heterocycles. The molecule has 2 aromatic rings. The van der Waals surface area contributed by atoms with Crippen LogP contribution in [-0.4, -0.2) is 34.5 Å². The summed E-state index contributed by atoms with van der Waals surface area (Å²) in [5.74, 6) is -0.118. The lowest BCUT2D eigenvalue weighted by molar-refractivity contribution is 0.0937. The molecule has 23 heavy (non-hydrogen) atoms. The van der Waals surface area contributed by atoms with Crippen LogP contribution in [0.15, 0.2) is 53.5 Å². The Hall–Kier alpha value is -2.40.